The van der Waals surface area contributed by atoms with Gasteiger partial charge in [-0.25, -0.2) is 0 Å². The Balaban J connectivity index is 2.95. The number of hydrogen-bond donors (Lipinski definition) is 0. The molecule has 0 rings (SSSR count). The SMILES string of the molecule is C[SiH](C)[Te][SiH](C)C. The Kier molecular flexibility index (Phi) is 4.86. The molecule has 0 saturated carbocycles. The molecule has 0 radical (unpaired) electrons. The van der Waals surface area contributed by atoms with Crippen LogP contribution in [0.3, 0.4) is 0 Å². The molecular formula is C4H14Si2Te. The first kappa shape index (κ1) is 8.22. The van der Waals surface area contributed by atoms with Gasteiger partial charge in [0.1, 0.15) is 0 Å². The van der Waals surface area contributed by atoms with Gasteiger partial charge in [0.2, 0.25) is 0 Å². The molecule has 0 spiro atoms. The monoisotopic (exact) mass is 248 g/mol. The normalized spacial score (nSPS) is 11.1. The Labute approximate surface area is 58.2 Å². The van der Waals surface area contributed by atoms with Gasteiger partial charge < -0.3 is 0 Å². The zero-order valence-corrected chi connectivity index (χ0v) is 10.2. The maximum atomic E-state index is 2.50. The molecule has 0 aliphatic heterocycles. The van der Waals surface area contributed by atoms with Crippen molar-refractivity contribution in [2.75, 3.05) is 0 Å². The summed E-state index contributed by atoms with van der Waals surface area (Å²) >= 11 is 0.628. The average Bonchev–Trinajstić information content (AvgIpc) is 1.27. The van der Waals surface area contributed by atoms with E-state index in [9.17, 15) is 0 Å². The van der Waals surface area contributed by atoms with Gasteiger partial charge in [0, 0.05) is 0 Å². The van der Waals surface area contributed by atoms with Crippen LogP contribution in [0.2, 0.25) is 26.2 Å². The third kappa shape index (κ3) is 7.22. The summed E-state index contributed by atoms with van der Waals surface area (Å²) in [7, 11) is 0. The topological polar surface area (TPSA) is 0 Å². The fourth-order valence-electron chi connectivity index (χ4n) is 0.544. The molecule has 0 aliphatic rings. The molecule has 0 aliphatic carbocycles. The molecule has 3 heteroatoms. The minimum absolute atomic E-state index is 0.0367. The van der Waals surface area contributed by atoms with Crippen molar-refractivity contribution in [2.45, 2.75) is 26.2 Å². The molecule has 0 nitrogen and oxygen atoms in total. The van der Waals surface area contributed by atoms with Crippen LogP contribution in [0.15, 0.2) is 0 Å². The zero-order valence-electron chi connectivity index (χ0n) is 5.56. The van der Waals surface area contributed by atoms with Crippen molar-refractivity contribution in [3.05, 3.63) is 0 Å². The van der Waals surface area contributed by atoms with E-state index in [4.69, 9.17) is 0 Å². The van der Waals surface area contributed by atoms with E-state index in [-0.39, 0.29) is 12.7 Å². The third-order valence-electron chi connectivity index (χ3n) is 0.544. The van der Waals surface area contributed by atoms with Crippen LogP contribution in [0.1, 0.15) is 0 Å². The van der Waals surface area contributed by atoms with E-state index in [1.165, 1.54) is 0 Å². The van der Waals surface area contributed by atoms with Gasteiger partial charge >= 0.3 is 58.2 Å². The molecule has 0 bridgehead atoms. The minimum atomic E-state index is -0.0367. The predicted octanol–water partition coefficient (Wildman–Crippen LogP) is 0.657. The van der Waals surface area contributed by atoms with Crippen molar-refractivity contribution < 1.29 is 0 Å². The van der Waals surface area contributed by atoms with E-state index in [0.29, 0.717) is 19.3 Å². The van der Waals surface area contributed by atoms with Gasteiger partial charge in [-0.05, 0) is 0 Å². The Morgan fingerprint density at radius 1 is 0.857 bits per heavy atom. The number of rotatable bonds is 2. The van der Waals surface area contributed by atoms with Crippen molar-refractivity contribution in [3.63, 3.8) is 0 Å². The quantitative estimate of drug-likeness (QED) is 0.628. The van der Waals surface area contributed by atoms with Crippen LogP contribution in [0.4, 0.5) is 0 Å². The van der Waals surface area contributed by atoms with Crippen LogP contribution < -0.4 is 0 Å². The summed E-state index contributed by atoms with van der Waals surface area (Å²) < 4.78 is 0. The van der Waals surface area contributed by atoms with E-state index in [2.05, 4.69) is 26.2 Å². The maximum absolute atomic E-state index is 2.50. The van der Waals surface area contributed by atoms with Crippen LogP contribution in [-0.2, 0) is 0 Å². The van der Waals surface area contributed by atoms with Crippen molar-refractivity contribution in [1.82, 2.24) is 0 Å². The summed E-state index contributed by atoms with van der Waals surface area (Å²) in [5, 5.41) is 0. The van der Waals surface area contributed by atoms with Crippen LogP contribution in [-0.4, -0.2) is 32.0 Å². The molecule has 7 heavy (non-hydrogen) atoms. The van der Waals surface area contributed by atoms with Gasteiger partial charge in [-0.15, -0.1) is 0 Å². The molecule has 44 valence electrons. The summed E-state index contributed by atoms with van der Waals surface area (Å²) in [6.07, 6.45) is -0.0733. The molecule has 0 aromatic carbocycles. The Morgan fingerprint density at radius 2 is 1.14 bits per heavy atom. The Hall–Kier alpha value is 1.22. The molecule has 0 heterocycles. The van der Waals surface area contributed by atoms with Crippen molar-refractivity contribution >= 4 is 32.0 Å². The molecule has 0 aromatic rings. The van der Waals surface area contributed by atoms with Gasteiger partial charge in [0.05, 0.1) is 0 Å². The van der Waals surface area contributed by atoms with Gasteiger partial charge in [-0.3, -0.25) is 0 Å². The molecule has 0 atom stereocenters. The first-order chi connectivity index (χ1) is 3.13. The predicted molar refractivity (Wildman–Crippen MR) is 43.5 cm³/mol. The standard InChI is InChI=1S/C4H14Si2Te/c1-5(2)7-6(3)4/h5-6H,1-4H3. The van der Waals surface area contributed by atoms with Crippen LogP contribution in [0, 0.1) is 0 Å². The van der Waals surface area contributed by atoms with E-state index in [0.717, 1.165) is 0 Å². The Morgan fingerprint density at radius 3 is 1.14 bits per heavy atom. The van der Waals surface area contributed by atoms with E-state index >= 15 is 0 Å². The van der Waals surface area contributed by atoms with Gasteiger partial charge in [0.25, 0.3) is 0 Å². The fourth-order valence-corrected chi connectivity index (χ4v) is 32.9. The van der Waals surface area contributed by atoms with E-state index in [1.54, 1.807) is 0 Å². The summed E-state index contributed by atoms with van der Waals surface area (Å²) in [6, 6.07) is 0. The Bertz CT molecular complexity index is 39.0. The average molecular weight is 246 g/mol. The second-order valence-electron chi connectivity index (χ2n) is 2.23. The molecule has 0 aromatic heterocycles. The summed E-state index contributed by atoms with van der Waals surface area (Å²) in [5.41, 5.74) is 0. The van der Waals surface area contributed by atoms with E-state index in [1.807, 2.05) is 0 Å². The summed E-state index contributed by atoms with van der Waals surface area (Å²) in [5.74, 6) is 0. The fraction of sp³-hybridized carbons (Fsp3) is 1.00. The molecule has 0 saturated heterocycles. The molecule has 0 amide bonds. The second kappa shape index (κ2) is 4.14. The molecular weight excluding hydrogens is 232 g/mol. The van der Waals surface area contributed by atoms with Gasteiger partial charge in [0.15, 0.2) is 0 Å². The first-order valence-electron chi connectivity index (χ1n) is 2.78. The van der Waals surface area contributed by atoms with Crippen LogP contribution in [0.5, 0.6) is 0 Å². The summed E-state index contributed by atoms with van der Waals surface area (Å²) in [6.45, 7) is 9.98. The van der Waals surface area contributed by atoms with Crippen molar-refractivity contribution in [2.24, 2.45) is 0 Å². The van der Waals surface area contributed by atoms with Crippen molar-refractivity contribution in [1.29, 1.82) is 0 Å². The second-order valence-corrected chi connectivity index (χ2v) is 30.7. The van der Waals surface area contributed by atoms with Crippen molar-refractivity contribution in [3.8, 4) is 0 Å². The van der Waals surface area contributed by atoms with Gasteiger partial charge in [-0.1, -0.05) is 0 Å². The van der Waals surface area contributed by atoms with E-state index < -0.39 is 0 Å². The van der Waals surface area contributed by atoms with Crippen LogP contribution >= 0.6 is 0 Å². The summed E-state index contributed by atoms with van der Waals surface area (Å²) in [4.78, 5) is 0. The molecule has 0 N–H and O–H groups in total. The molecule has 0 unspecified atom stereocenters. The molecule has 0 fully saturated rings. The third-order valence-corrected chi connectivity index (χ3v) is 32.9. The van der Waals surface area contributed by atoms with Gasteiger partial charge in [-0.2, -0.15) is 0 Å². The number of hydrogen-bond acceptors (Lipinski definition) is 0. The zero-order chi connectivity index (χ0) is 5.86. The van der Waals surface area contributed by atoms with Crippen LogP contribution in [0.25, 0.3) is 0 Å². The first-order valence-corrected chi connectivity index (χ1v) is 16.4.